The number of nitrogens with zero attached hydrogens (tertiary/aromatic N) is 1. The van der Waals surface area contributed by atoms with Crippen molar-refractivity contribution < 1.29 is 9.59 Å². The summed E-state index contributed by atoms with van der Waals surface area (Å²) in [5, 5.41) is 2.62. The molecule has 0 saturated carbocycles. The van der Waals surface area contributed by atoms with Crippen molar-refractivity contribution in [2.24, 2.45) is 5.92 Å². The normalized spacial score (nSPS) is 10.2. The molecule has 0 atom stereocenters. The van der Waals surface area contributed by atoms with Crippen LogP contribution in [-0.4, -0.2) is 30.3 Å². The highest BCUT2D eigenvalue weighted by Gasteiger charge is 2.12. The first-order valence-electron chi connectivity index (χ1n) is 6.06. The van der Waals surface area contributed by atoms with E-state index in [1.807, 2.05) is 30.3 Å². The average Bonchev–Trinajstić information content (AvgIpc) is 2.36. The molecule has 0 unspecified atom stereocenters. The van der Waals surface area contributed by atoms with E-state index in [4.69, 9.17) is 0 Å². The fourth-order valence-electron chi connectivity index (χ4n) is 1.45. The first-order chi connectivity index (χ1) is 8.50. The first-order valence-corrected chi connectivity index (χ1v) is 6.06. The van der Waals surface area contributed by atoms with E-state index in [0.717, 1.165) is 5.56 Å². The topological polar surface area (TPSA) is 49.4 Å². The third-order valence-electron chi connectivity index (χ3n) is 2.63. The van der Waals surface area contributed by atoms with Crippen LogP contribution in [0.15, 0.2) is 30.3 Å². The number of hydrogen-bond donors (Lipinski definition) is 1. The molecule has 1 rings (SSSR count). The van der Waals surface area contributed by atoms with Gasteiger partial charge in [0, 0.05) is 19.5 Å². The minimum Gasteiger partial charge on any atom is -0.347 e. The standard InChI is InChI=1S/C14H20N2O2/c1-11(2)14(18)15-9-13(17)16(3)10-12-7-5-4-6-8-12/h4-8,11H,9-10H2,1-3H3,(H,15,18). The highest BCUT2D eigenvalue weighted by molar-refractivity contribution is 5.85. The summed E-state index contributed by atoms with van der Waals surface area (Å²) in [6, 6.07) is 9.75. The van der Waals surface area contributed by atoms with Gasteiger partial charge in [0.2, 0.25) is 11.8 Å². The van der Waals surface area contributed by atoms with Crippen molar-refractivity contribution in [3.63, 3.8) is 0 Å². The van der Waals surface area contributed by atoms with Crippen LogP contribution in [0.1, 0.15) is 19.4 Å². The molecular weight excluding hydrogens is 228 g/mol. The van der Waals surface area contributed by atoms with Crippen LogP contribution in [0.4, 0.5) is 0 Å². The lowest BCUT2D eigenvalue weighted by atomic mass is 10.2. The summed E-state index contributed by atoms with van der Waals surface area (Å²) in [4.78, 5) is 24.7. The highest BCUT2D eigenvalue weighted by atomic mass is 16.2. The zero-order chi connectivity index (χ0) is 13.5. The quantitative estimate of drug-likeness (QED) is 0.856. The van der Waals surface area contributed by atoms with Gasteiger partial charge in [0.15, 0.2) is 0 Å². The Balaban J connectivity index is 2.40. The monoisotopic (exact) mass is 248 g/mol. The molecule has 0 radical (unpaired) electrons. The van der Waals surface area contributed by atoms with E-state index in [2.05, 4.69) is 5.32 Å². The molecule has 2 amide bonds. The molecule has 0 bridgehead atoms. The lowest BCUT2D eigenvalue weighted by Gasteiger charge is -2.18. The maximum Gasteiger partial charge on any atom is 0.242 e. The van der Waals surface area contributed by atoms with Crippen molar-refractivity contribution in [1.29, 1.82) is 0 Å². The van der Waals surface area contributed by atoms with E-state index >= 15 is 0 Å². The van der Waals surface area contributed by atoms with Crippen LogP contribution in [-0.2, 0) is 16.1 Å². The van der Waals surface area contributed by atoms with E-state index < -0.39 is 0 Å². The Morgan fingerprint density at radius 1 is 1.22 bits per heavy atom. The second-order valence-corrected chi connectivity index (χ2v) is 4.61. The van der Waals surface area contributed by atoms with E-state index in [1.165, 1.54) is 0 Å². The minimum atomic E-state index is -0.100. The molecule has 0 aromatic heterocycles. The van der Waals surface area contributed by atoms with Gasteiger partial charge in [-0.05, 0) is 5.56 Å². The summed E-state index contributed by atoms with van der Waals surface area (Å²) < 4.78 is 0. The molecule has 0 saturated heterocycles. The lowest BCUT2D eigenvalue weighted by Crippen LogP contribution is -2.39. The van der Waals surface area contributed by atoms with Crippen LogP contribution >= 0.6 is 0 Å². The fourth-order valence-corrected chi connectivity index (χ4v) is 1.45. The van der Waals surface area contributed by atoms with Crippen LogP contribution in [0.5, 0.6) is 0 Å². The molecule has 1 N–H and O–H groups in total. The summed E-state index contributed by atoms with van der Waals surface area (Å²) in [7, 11) is 1.73. The third-order valence-corrected chi connectivity index (χ3v) is 2.63. The zero-order valence-electron chi connectivity index (χ0n) is 11.1. The third kappa shape index (κ3) is 4.57. The maximum atomic E-state index is 11.8. The van der Waals surface area contributed by atoms with E-state index in [9.17, 15) is 9.59 Å². The van der Waals surface area contributed by atoms with E-state index in [0.29, 0.717) is 6.54 Å². The smallest absolute Gasteiger partial charge is 0.242 e. The molecule has 0 aliphatic carbocycles. The van der Waals surface area contributed by atoms with Crippen molar-refractivity contribution >= 4 is 11.8 Å². The van der Waals surface area contributed by atoms with Gasteiger partial charge in [-0.2, -0.15) is 0 Å². The van der Waals surface area contributed by atoms with Gasteiger partial charge in [0.1, 0.15) is 0 Å². The van der Waals surface area contributed by atoms with Gasteiger partial charge in [0.05, 0.1) is 6.54 Å². The Morgan fingerprint density at radius 3 is 2.39 bits per heavy atom. The van der Waals surface area contributed by atoms with Gasteiger partial charge in [-0.1, -0.05) is 44.2 Å². The highest BCUT2D eigenvalue weighted by Crippen LogP contribution is 2.02. The average molecular weight is 248 g/mol. The summed E-state index contributed by atoms with van der Waals surface area (Å²) in [6.45, 7) is 4.21. The molecule has 1 aromatic carbocycles. The van der Waals surface area contributed by atoms with Crippen molar-refractivity contribution in [1.82, 2.24) is 10.2 Å². The lowest BCUT2D eigenvalue weighted by molar-refractivity contribution is -0.133. The summed E-state index contributed by atoms with van der Waals surface area (Å²) in [5.74, 6) is -0.290. The van der Waals surface area contributed by atoms with Gasteiger partial charge in [-0.3, -0.25) is 9.59 Å². The van der Waals surface area contributed by atoms with Gasteiger partial charge in [0.25, 0.3) is 0 Å². The molecule has 98 valence electrons. The van der Waals surface area contributed by atoms with Gasteiger partial charge < -0.3 is 10.2 Å². The zero-order valence-corrected chi connectivity index (χ0v) is 11.1. The largest absolute Gasteiger partial charge is 0.347 e. The summed E-state index contributed by atoms with van der Waals surface area (Å²) >= 11 is 0. The van der Waals surface area contributed by atoms with E-state index in [-0.39, 0.29) is 24.3 Å². The summed E-state index contributed by atoms with van der Waals surface area (Å²) in [5.41, 5.74) is 1.07. The van der Waals surface area contributed by atoms with Crippen molar-refractivity contribution in [3.8, 4) is 0 Å². The van der Waals surface area contributed by atoms with E-state index in [1.54, 1.807) is 25.8 Å². The molecule has 0 aliphatic heterocycles. The molecule has 0 aliphatic rings. The predicted octanol–water partition coefficient (Wildman–Crippen LogP) is 1.42. The van der Waals surface area contributed by atoms with Crippen LogP contribution in [0, 0.1) is 5.92 Å². The predicted molar refractivity (Wildman–Crippen MR) is 70.8 cm³/mol. The Morgan fingerprint density at radius 2 is 1.83 bits per heavy atom. The van der Waals surface area contributed by atoms with Crippen LogP contribution in [0.25, 0.3) is 0 Å². The number of likely N-dealkylation sites (N-methyl/N-ethyl adjacent to an activating group) is 1. The Hall–Kier alpha value is -1.84. The molecule has 0 heterocycles. The van der Waals surface area contributed by atoms with Crippen molar-refractivity contribution in [3.05, 3.63) is 35.9 Å². The minimum absolute atomic E-state index is 0.0559. The number of rotatable bonds is 5. The second kappa shape index (κ2) is 6.79. The molecule has 1 aromatic rings. The molecular formula is C14H20N2O2. The Labute approximate surface area is 108 Å². The van der Waals surface area contributed by atoms with Gasteiger partial charge in [-0.15, -0.1) is 0 Å². The van der Waals surface area contributed by atoms with Crippen molar-refractivity contribution in [2.45, 2.75) is 20.4 Å². The fraction of sp³-hybridized carbons (Fsp3) is 0.429. The number of nitrogens with one attached hydrogen (secondary N) is 1. The number of amides is 2. The van der Waals surface area contributed by atoms with Crippen molar-refractivity contribution in [2.75, 3.05) is 13.6 Å². The Bertz CT molecular complexity index is 402. The van der Waals surface area contributed by atoms with Gasteiger partial charge in [-0.25, -0.2) is 0 Å². The van der Waals surface area contributed by atoms with Gasteiger partial charge >= 0.3 is 0 Å². The number of hydrogen-bond acceptors (Lipinski definition) is 2. The number of carbonyl (C=O) groups excluding carboxylic acids is 2. The van der Waals surface area contributed by atoms with Crippen LogP contribution in [0.2, 0.25) is 0 Å². The van der Waals surface area contributed by atoms with Crippen LogP contribution in [0.3, 0.4) is 0 Å². The SMILES string of the molecule is CC(C)C(=O)NCC(=O)N(C)Cc1ccccc1. The number of benzene rings is 1. The second-order valence-electron chi connectivity index (χ2n) is 4.61. The molecule has 0 fully saturated rings. The molecule has 18 heavy (non-hydrogen) atoms. The first kappa shape index (κ1) is 14.2. The summed E-state index contributed by atoms with van der Waals surface area (Å²) in [6.07, 6.45) is 0. The molecule has 0 spiro atoms. The maximum absolute atomic E-state index is 11.8. The molecule has 4 heteroatoms. The van der Waals surface area contributed by atoms with Crippen LogP contribution < -0.4 is 5.32 Å². The number of carbonyl (C=O) groups is 2. The molecule has 4 nitrogen and oxygen atoms in total. The Kier molecular flexibility index (Phi) is 5.36.